The van der Waals surface area contributed by atoms with Gasteiger partial charge in [0.1, 0.15) is 11.4 Å². The number of aromatic nitrogens is 2. The fraction of sp³-hybridized carbons (Fsp3) is 0. The highest BCUT2D eigenvalue weighted by molar-refractivity contribution is 6.34. The van der Waals surface area contributed by atoms with E-state index in [0.717, 1.165) is 0 Å². The van der Waals surface area contributed by atoms with E-state index in [1.165, 1.54) is 10.9 Å². The first-order valence-electron chi connectivity index (χ1n) is 9.19. The summed E-state index contributed by atoms with van der Waals surface area (Å²) in [5.74, 6) is -0.520. The topological polar surface area (TPSA) is 76.0 Å². The molecule has 3 aromatic carbocycles. The largest absolute Gasteiger partial charge is 0.320 e. The van der Waals surface area contributed by atoms with Crippen LogP contribution in [0.5, 0.6) is 0 Å². The van der Waals surface area contributed by atoms with E-state index in [1.807, 2.05) is 36.4 Å². The first-order valence-corrected chi connectivity index (χ1v) is 9.57. The second-order valence-corrected chi connectivity index (χ2v) is 6.82. The molecule has 0 aliphatic rings. The van der Waals surface area contributed by atoms with E-state index in [9.17, 15) is 9.59 Å². The zero-order chi connectivity index (χ0) is 20.9. The zero-order valence-electron chi connectivity index (χ0n) is 15.7. The van der Waals surface area contributed by atoms with Crippen molar-refractivity contribution in [1.29, 1.82) is 0 Å². The lowest BCUT2D eigenvalue weighted by Gasteiger charge is -2.12. The van der Waals surface area contributed by atoms with Gasteiger partial charge in [0, 0.05) is 5.56 Å². The average molecular weight is 417 g/mol. The van der Waals surface area contributed by atoms with Crippen LogP contribution in [0.25, 0.3) is 5.69 Å². The second-order valence-electron chi connectivity index (χ2n) is 6.41. The van der Waals surface area contributed by atoms with E-state index >= 15 is 0 Å². The van der Waals surface area contributed by atoms with Crippen LogP contribution in [0.2, 0.25) is 5.02 Å². The Balaban J connectivity index is 1.71. The molecule has 0 fully saturated rings. The molecule has 148 valence electrons. The summed E-state index contributed by atoms with van der Waals surface area (Å²) in [5, 5.41) is 10.3. The van der Waals surface area contributed by atoms with Crippen molar-refractivity contribution in [2.75, 3.05) is 10.6 Å². The maximum atomic E-state index is 13.0. The van der Waals surface area contributed by atoms with Gasteiger partial charge in [0.25, 0.3) is 11.8 Å². The molecule has 0 atom stereocenters. The number of carbonyl (C=O) groups excluding carboxylic acids is 2. The van der Waals surface area contributed by atoms with Crippen molar-refractivity contribution < 1.29 is 9.59 Å². The molecule has 0 saturated carbocycles. The van der Waals surface area contributed by atoms with Crippen molar-refractivity contribution in [2.45, 2.75) is 0 Å². The molecule has 0 aliphatic carbocycles. The normalized spacial score (nSPS) is 10.4. The maximum absolute atomic E-state index is 13.0. The number of nitrogens with zero attached hydrogens (tertiary/aromatic N) is 2. The molecule has 4 aromatic rings. The fourth-order valence-corrected chi connectivity index (χ4v) is 3.10. The zero-order valence-corrected chi connectivity index (χ0v) is 16.5. The van der Waals surface area contributed by atoms with E-state index in [4.69, 9.17) is 11.6 Å². The predicted molar refractivity (Wildman–Crippen MR) is 117 cm³/mol. The fourth-order valence-electron chi connectivity index (χ4n) is 2.92. The molecule has 7 heteroatoms. The summed E-state index contributed by atoms with van der Waals surface area (Å²) < 4.78 is 1.52. The number of nitrogens with one attached hydrogen (secondary N) is 2. The van der Waals surface area contributed by atoms with Gasteiger partial charge in [-0.05, 0) is 36.4 Å². The first kappa shape index (κ1) is 19.4. The van der Waals surface area contributed by atoms with Crippen LogP contribution in [0.15, 0.2) is 91.1 Å². The van der Waals surface area contributed by atoms with Crippen LogP contribution in [-0.4, -0.2) is 21.6 Å². The van der Waals surface area contributed by atoms with Gasteiger partial charge >= 0.3 is 0 Å². The third-order valence-electron chi connectivity index (χ3n) is 4.40. The SMILES string of the molecule is O=C(Nc1c(C(=O)Nc2ccccc2Cl)cnn1-c1ccccc1)c1ccccc1. The summed E-state index contributed by atoms with van der Waals surface area (Å²) in [4.78, 5) is 25.8. The summed E-state index contributed by atoms with van der Waals surface area (Å²) in [7, 11) is 0. The van der Waals surface area contributed by atoms with Crippen LogP contribution in [0, 0.1) is 0 Å². The van der Waals surface area contributed by atoms with Gasteiger partial charge in [0.05, 0.1) is 22.6 Å². The predicted octanol–water partition coefficient (Wildman–Crippen LogP) is 5.03. The monoisotopic (exact) mass is 416 g/mol. The molecule has 30 heavy (non-hydrogen) atoms. The quantitative estimate of drug-likeness (QED) is 0.479. The van der Waals surface area contributed by atoms with Crippen LogP contribution >= 0.6 is 11.6 Å². The Morgan fingerprint density at radius 2 is 1.40 bits per heavy atom. The minimum Gasteiger partial charge on any atom is -0.320 e. The minimum absolute atomic E-state index is 0.211. The number of carbonyl (C=O) groups is 2. The Morgan fingerprint density at radius 3 is 2.10 bits per heavy atom. The number of amides is 2. The van der Waals surface area contributed by atoms with Crippen LogP contribution in [0.1, 0.15) is 20.7 Å². The van der Waals surface area contributed by atoms with Crippen molar-refractivity contribution in [2.24, 2.45) is 0 Å². The molecule has 0 saturated heterocycles. The number of hydrogen-bond donors (Lipinski definition) is 2. The summed E-state index contributed by atoms with van der Waals surface area (Å²) >= 11 is 6.16. The van der Waals surface area contributed by atoms with E-state index in [-0.39, 0.29) is 17.3 Å². The number of benzene rings is 3. The summed E-state index contributed by atoms with van der Waals surface area (Å²) in [5.41, 5.74) is 1.86. The molecule has 1 heterocycles. The molecule has 0 radical (unpaired) electrons. The molecule has 0 unspecified atom stereocenters. The van der Waals surface area contributed by atoms with Gasteiger partial charge in [-0.15, -0.1) is 0 Å². The molecule has 0 bridgehead atoms. The van der Waals surface area contributed by atoms with Crippen LogP contribution < -0.4 is 10.6 Å². The lowest BCUT2D eigenvalue weighted by atomic mass is 10.2. The van der Waals surface area contributed by atoms with Crippen LogP contribution in [0.3, 0.4) is 0 Å². The van der Waals surface area contributed by atoms with E-state index in [0.29, 0.717) is 22.0 Å². The van der Waals surface area contributed by atoms with Gasteiger partial charge in [-0.25, -0.2) is 4.68 Å². The molecule has 6 nitrogen and oxygen atoms in total. The van der Waals surface area contributed by atoms with E-state index in [2.05, 4.69) is 15.7 Å². The lowest BCUT2D eigenvalue weighted by Crippen LogP contribution is -2.19. The maximum Gasteiger partial charge on any atom is 0.261 e. The molecule has 0 spiro atoms. The third-order valence-corrected chi connectivity index (χ3v) is 4.73. The number of rotatable bonds is 5. The molecule has 0 aliphatic heterocycles. The van der Waals surface area contributed by atoms with Crippen molar-refractivity contribution >= 4 is 34.9 Å². The number of halogens is 1. The summed E-state index contributed by atoms with van der Waals surface area (Å²) in [6, 6.07) is 24.9. The first-order chi connectivity index (χ1) is 14.6. The van der Waals surface area contributed by atoms with Gasteiger partial charge in [0.2, 0.25) is 0 Å². The smallest absolute Gasteiger partial charge is 0.261 e. The molecular weight excluding hydrogens is 400 g/mol. The number of hydrogen-bond acceptors (Lipinski definition) is 3. The molecule has 4 rings (SSSR count). The van der Waals surface area contributed by atoms with Crippen molar-refractivity contribution in [3.8, 4) is 5.69 Å². The average Bonchev–Trinajstić information content (AvgIpc) is 3.20. The highest BCUT2D eigenvalue weighted by atomic mass is 35.5. The Hall–Kier alpha value is -3.90. The number of para-hydroxylation sites is 2. The second kappa shape index (κ2) is 8.63. The molecule has 2 amide bonds. The highest BCUT2D eigenvalue weighted by Crippen LogP contribution is 2.25. The lowest BCUT2D eigenvalue weighted by molar-refractivity contribution is 0.102. The molecule has 2 N–H and O–H groups in total. The van der Waals surface area contributed by atoms with E-state index in [1.54, 1.807) is 48.5 Å². The summed E-state index contributed by atoms with van der Waals surface area (Å²) in [6.45, 7) is 0. The number of anilines is 2. The highest BCUT2D eigenvalue weighted by Gasteiger charge is 2.21. The Kier molecular flexibility index (Phi) is 5.59. The minimum atomic E-state index is -0.436. The molecule has 1 aromatic heterocycles. The van der Waals surface area contributed by atoms with Gasteiger partial charge in [-0.1, -0.05) is 60.1 Å². The Morgan fingerprint density at radius 1 is 0.767 bits per heavy atom. The van der Waals surface area contributed by atoms with Gasteiger partial charge in [-0.2, -0.15) is 5.10 Å². The van der Waals surface area contributed by atoms with Gasteiger partial charge < -0.3 is 10.6 Å². The van der Waals surface area contributed by atoms with Crippen LogP contribution in [0.4, 0.5) is 11.5 Å². The van der Waals surface area contributed by atoms with Crippen molar-refractivity contribution in [1.82, 2.24) is 9.78 Å². The Labute approximate surface area is 178 Å². The Bertz CT molecular complexity index is 1190. The third kappa shape index (κ3) is 4.09. The summed E-state index contributed by atoms with van der Waals surface area (Å²) in [6.07, 6.45) is 1.42. The van der Waals surface area contributed by atoms with Crippen molar-refractivity contribution in [3.63, 3.8) is 0 Å². The van der Waals surface area contributed by atoms with Crippen LogP contribution in [-0.2, 0) is 0 Å². The van der Waals surface area contributed by atoms with Crippen molar-refractivity contribution in [3.05, 3.63) is 107 Å². The molecular formula is C23H17ClN4O2. The standard InChI is InChI=1S/C23H17ClN4O2/c24-19-13-7-8-14-20(19)26-23(30)18-15-25-28(17-11-5-2-6-12-17)21(18)27-22(29)16-9-3-1-4-10-16/h1-15H,(H,26,30)(H,27,29). The van der Waals surface area contributed by atoms with E-state index < -0.39 is 5.91 Å². The van der Waals surface area contributed by atoms with Gasteiger partial charge in [0.15, 0.2) is 0 Å². The van der Waals surface area contributed by atoms with Gasteiger partial charge in [-0.3, -0.25) is 9.59 Å².